The van der Waals surface area contributed by atoms with Gasteiger partial charge in [-0.2, -0.15) is 13.2 Å². The second-order valence-electron chi connectivity index (χ2n) is 5.47. The van der Waals surface area contributed by atoms with Crippen molar-refractivity contribution in [3.8, 4) is 5.75 Å². The molecule has 1 rings (SSSR count). The van der Waals surface area contributed by atoms with Crippen molar-refractivity contribution in [1.82, 2.24) is 10.2 Å². The van der Waals surface area contributed by atoms with Gasteiger partial charge in [0, 0.05) is 20.0 Å². The highest BCUT2D eigenvalue weighted by Crippen LogP contribution is 2.30. The molecule has 144 valence electrons. The summed E-state index contributed by atoms with van der Waals surface area (Å²) in [6.07, 6.45) is -4.23. The first-order valence-corrected chi connectivity index (χ1v) is 7.60. The average molecular weight is 385 g/mol. The van der Waals surface area contributed by atoms with E-state index in [2.05, 4.69) is 5.32 Å². The summed E-state index contributed by atoms with van der Waals surface area (Å²) in [4.78, 5) is 13.2. The van der Waals surface area contributed by atoms with Crippen molar-refractivity contribution in [1.29, 1.82) is 0 Å². The summed E-state index contributed by atoms with van der Waals surface area (Å²) in [7, 11) is 3.39. The van der Waals surface area contributed by atoms with Crippen LogP contribution in [0.1, 0.15) is 18.4 Å². The quantitative estimate of drug-likeness (QED) is 0.641. The third-order valence-electron chi connectivity index (χ3n) is 3.35. The number of aliphatic hydroxyl groups is 1. The van der Waals surface area contributed by atoms with E-state index >= 15 is 0 Å². The van der Waals surface area contributed by atoms with Crippen molar-refractivity contribution in [3.05, 3.63) is 29.8 Å². The topological polar surface area (TPSA) is 61.8 Å². The van der Waals surface area contributed by atoms with E-state index in [4.69, 9.17) is 4.74 Å². The van der Waals surface area contributed by atoms with Crippen LogP contribution < -0.4 is 10.1 Å². The number of amides is 1. The Bertz CT molecular complexity index is 512. The van der Waals surface area contributed by atoms with Crippen molar-refractivity contribution in [2.24, 2.45) is 0 Å². The van der Waals surface area contributed by atoms with Crippen LogP contribution in [-0.2, 0) is 11.0 Å². The molecule has 1 aromatic rings. The van der Waals surface area contributed by atoms with Gasteiger partial charge in [-0.15, -0.1) is 12.4 Å². The first-order valence-electron chi connectivity index (χ1n) is 7.60. The van der Waals surface area contributed by atoms with Gasteiger partial charge in [-0.1, -0.05) is 0 Å². The number of hydrogen-bond acceptors (Lipinski definition) is 4. The van der Waals surface area contributed by atoms with Gasteiger partial charge in [-0.25, -0.2) is 0 Å². The highest BCUT2D eigenvalue weighted by molar-refractivity contribution is 5.85. The van der Waals surface area contributed by atoms with Gasteiger partial charge in [-0.05, 0) is 44.3 Å². The monoisotopic (exact) mass is 384 g/mol. The maximum atomic E-state index is 12.4. The Morgan fingerprint density at radius 1 is 1.32 bits per heavy atom. The van der Waals surface area contributed by atoms with Gasteiger partial charge < -0.3 is 20.1 Å². The van der Waals surface area contributed by atoms with Gasteiger partial charge in [0.05, 0.1) is 5.56 Å². The van der Waals surface area contributed by atoms with E-state index in [-0.39, 0.29) is 37.2 Å². The van der Waals surface area contributed by atoms with Crippen LogP contribution in [-0.4, -0.2) is 55.8 Å². The van der Waals surface area contributed by atoms with Gasteiger partial charge in [0.1, 0.15) is 18.5 Å². The Balaban J connectivity index is 0.00000576. The average Bonchev–Trinajstić information content (AvgIpc) is 2.52. The van der Waals surface area contributed by atoms with E-state index in [1.165, 1.54) is 17.0 Å². The third kappa shape index (κ3) is 8.94. The fourth-order valence-electron chi connectivity index (χ4n) is 2.01. The van der Waals surface area contributed by atoms with E-state index in [0.29, 0.717) is 12.8 Å². The number of nitrogens with one attached hydrogen (secondary N) is 1. The standard InChI is InChI=1S/C16H23F3N2O3.ClH/c1-20-9-3-4-15(23)21(2)10-13(22)11-24-14-7-5-12(6-8-14)16(17,18)19;/h5-8,13,20,22H,3-4,9-11H2,1-2H3;1H. The number of halogens is 4. The van der Waals surface area contributed by atoms with Crippen LogP contribution in [0.15, 0.2) is 24.3 Å². The Morgan fingerprint density at radius 3 is 2.44 bits per heavy atom. The number of likely N-dealkylation sites (N-methyl/N-ethyl adjacent to an activating group) is 1. The van der Waals surface area contributed by atoms with Crippen LogP contribution >= 0.6 is 12.4 Å². The molecule has 0 saturated carbocycles. The number of hydrogen-bond donors (Lipinski definition) is 2. The minimum absolute atomic E-state index is 0. The second kappa shape index (κ2) is 11.2. The minimum atomic E-state index is -4.39. The molecule has 0 radical (unpaired) electrons. The van der Waals surface area contributed by atoms with E-state index < -0.39 is 17.8 Å². The van der Waals surface area contributed by atoms with Crippen molar-refractivity contribution in [2.45, 2.75) is 25.1 Å². The van der Waals surface area contributed by atoms with Crippen molar-refractivity contribution in [3.63, 3.8) is 0 Å². The highest BCUT2D eigenvalue weighted by Gasteiger charge is 2.30. The molecular formula is C16H24ClF3N2O3. The SMILES string of the molecule is CNCCCC(=O)N(C)CC(O)COc1ccc(C(F)(F)F)cc1.Cl. The molecule has 9 heteroatoms. The van der Waals surface area contributed by atoms with Crippen LogP contribution in [0.3, 0.4) is 0 Å². The van der Waals surface area contributed by atoms with Crippen LogP contribution in [0.5, 0.6) is 5.75 Å². The summed E-state index contributed by atoms with van der Waals surface area (Å²) in [5, 5.41) is 12.8. The molecule has 5 nitrogen and oxygen atoms in total. The van der Waals surface area contributed by atoms with Crippen LogP contribution in [0.2, 0.25) is 0 Å². The Hall–Kier alpha value is -1.51. The molecule has 0 aliphatic heterocycles. The summed E-state index contributed by atoms with van der Waals surface area (Å²) in [5.41, 5.74) is -0.762. The number of ether oxygens (including phenoxy) is 1. The maximum absolute atomic E-state index is 12.4. The normalized spacial score (nSPS) is 12.2. The second-order valence-corrected chi connectivity index (χ2v) is 5.47. The highest BCUT2D eigenvalue weighted by atomic mass is 35.5. The molecule has 0 saturated heterocycles. The fourth-order valence-corrected chi connectivity index (χ4v) is 2.01. The lowest BCUT2D eigenvalue weighted by Gasteiger charge is -2.21. The first-order chi connectivity index (χ1) is 11.2. The predicted molar refractivity (Wildman–Crippen MR) is 91.0 cm³/mol. The molecule has 0 fully saturated rings. The number of benzene rings is 1. The van der Waals surface area contributed by atoms with Gasteiger partial charge in [0.25, 0.3) is 0 Å². The smallest absolute Gasteiger partial charge is 0.416 e. The third-order valence-corrected chi connectivity index (χ3v) is 3.35. The first kappa shape index (κ1) is 23.5. The van der Waals surface area contributed by atoms with E-state index in [0.717, 1.165) is 18.7 Å². The largest absolute Gasteiger partial charge is 0.491 e. The summed E-state index contributed by atoms with van der Waals surface area (Å²) in [6.45, 7) is 0.720. The molecule has 0 aromatic heterocycles. The number of aliphatic hydroxyl groups excluding tert-OH is 1. The fraction of sp³-hybridized carbons (Fsp3) is 0.562. The molecular weight excluding hydrogens is 361 g/mol. The summed E-state index contributed by atoms with van der Waals surface area (Å²) >= 11 is 0. The summed E-state index contributed by atoms with van der Waals surface area (Å²) in [6, 6.07) is 4.22. The lowest BCUT2D eigenvalue weighted by atomic mass is 10.2. The Labute approximate surface area is 151 Å². The van der Waals surface area contributed by atoms with Gasteiger partial charge in [0.15, 0.2) is 0 Å². The van der Waals surface area contributed by atoms with E-state index in [1.54, 1.807) is 14.1 Å². The van der Waals surface area contributed by atoms with Crippen LogP contribution in [0, 0.1) is 0 Å². The van der Waals surface area contributed by atoms with E-state index in [9.17, 15) is 23.1 Å². The molecule has 0 heterocycles. The maximum Gasteiger partial charge on any atom is 0.416 e. The molecule has 25 heavy (non-hydrogen) atoms. The summed E-state index contributed by atoms with van der Waals surface area (Å²) in [5.74, 6) is 0.142. The Morgan fingerprint density at radius 2 is 1.92 bits per heavy atom. The Kier molecular flexibility index (Phi) is 10.5. The van der Waals surface area contributed by atoms with Gasteiger partial charge >= 0.3 is 6.18 Å². The zero-order valence-electron chi connectivity index (χ0n) is 14.2. The lowest BCUT2D eigenvalue weighted by molar-refractivity contribution is -0.137. The van der Waals surface area contributed by atoms with Crippen molar-refractivity contribution < 1.29 is 27.8 Å². The lowest BCUT2D eigenvalue weighted by Crippen LogP contribution is -2.37. The molecule has 1 amide bonds. The number of carbonyl (C=O) groups is 1. The number of rotatable bonds is 9. The molecule has 1 atom stereocenters. The summed E-state index contributed by atoms with van der Waals surface area (Å²) < 4.78 is 42.6. The number of carbonyl (C=O) groups excluding carboxylic acids is 1. The van der Waals surface area contributed by atoms with E-state index in [1.807, 2.05) is 0 Å². The molecule has 0 spiro atoms. The molecule has 0 aliphatic rings. The van der Waals surface area contributed by atoms with Crippen molar-refractivity contribution in [2.75, 3.05) is 33.8 Å². The molecule has 1 unspecified atom stereocenters. The number of nitrogens with zero attached hydrogens (tertiary/aromatic N) is 1. The predicted octanol–water partition coefficient (Wildman–Crippen LogP) is 2.32. The molecule has 1 aromatic carbocycles. The van der Waals surface area contributed by atoms with Crippen LogP contribution in [0.4, 0.5) is 13.2 Å². The number of alkyl halides is 3. The van der Waals surface area contributed by atoms with Crippen molar-refractivity contribution >= 4 is 18.3 Å². The molecule has 0 bridgehead atoms. The minimum Gasteiger partial charge on any atom is -0.491 e. The van der Waals surface area contributed by atoms with Crippen LogP contribution in [0.25, 0.3) is 0 Å². The zero-order chi connectivity index (χ0) is 18.2. The van der Waals surface area contributed by atoms with Gasteiger partial charge in [-0.3, -0.25) is 4.79 Å². The zero-order valence-corrected chi connectivity index (χ0v) is 15.0. The van der Waals surface area contributed by atoms with Gasteiger partial charge in [0.2, 0.25) is 5.91 Å². The molecule has 2 N–H and O–H groups in total. The molecule has 0 aliphatic carbocycles.